The zero-order valence-electron chi connectivity index (χ0n) is 16.0. The molecule has 0 atom stereocenters. The molecule has 0 radical (unpaired) electrons. The first-order chi connectivity index (χ1) is 14.3. The number of hydrogen-bond donors (Lipinski definition) is 1. The van der Waals surface area contributed by atoms with Gasteiger partial charge in [-0.15, -0.1) is 0 Å². The Bertz CT molecular complexity index is 1160. The van der Waals surface area contributed by atoms with Gasteiger partial charge in [-0.25, -0.2) is 0 Å². The van der Waals surface area contributed by atoms with E-state index < -0.39 is 17.6 Å². The minimum Gasteiger partial charge on any atom is -0.493 e. The Kier molecular flexibility index (Phi) is 6.07. The lowest BCUT2D eigenvalue weighted by Crippen LogP contribution is -2.14. The Hall–Kier alpha value is -3.79. The predicted molar refractivity (Wildman–Crippen MR) is 109 cm³/mol. The molecule has 0 fully saturated rings. The molecule has 4 nitrogen and oxygen atoms in total. The fourth-order valence-corrected chi connectivity index (χ4v) is 2.98. The number of carbonyl (C=O) groups is 1. The normalized spacial score (nSPS) is 11.8. The summed E-state index contributed by atoms with van der Waals surface area (Å²) in [5.41, 5.74) is -0.556. The highest BCUT2D eigenvalue weighted by molar-refractivity contribution is 6.11. The van der Waals surface area contributed by atoms with Crippen molar-refractivity contribution in [1.82, 2.24) is 0 Å². The fourth-order valence-electron chi connectivity index (χ4n) is 2.98. The molecule has 3 rings (SSSR count). The second-order valence-corrected chi connectivity index (χ2v) is 6.33. The predicted octanol–water partition coefficient (Wildman–Crippen LogP) is 5.80. The van der Waals surface area contributed by atoms with Crippen LogP contribution in [0.3, 0.4) is 0 Å². The quantitative estimate of drug-likeness (QED) is 0.427. The molecule has 3 aromatic rings. The number of nitrogens with one attached hydrogen (secondary N) is 1. The fraction of sp³-hybridized carbons (Fsp3) is 0.130. The van der Waals surface area contributed by atoms with E-state index in [4.69, 9.17) is 4.74 Å². The maximum Gasteiger partial charge on any atom is 0.416 e. The minimum absolute atomic E-state index is 0.0486. The van der Waals surface area contributed by atoms with E-state index in [9.17, 15) is 23.2 Å². The molecule has 3 aromatic carbocycles. The van der Waals surface area contributed by atoms with Crippen molar-refractivity contribution in [3.8, 4) is 11.8 Å². The summed E-state index contributed by atoms with van der Waals surface area (Å²) in [4.78, 5) is 12.5. The number of carbonyl (C=O) groups excluding carboxylic acids is 1. The molecule has 0 saturated carbocycles. The lowest BCUT2D eigenvalue weighted by atomic mass is 10.0. The number of halogens is 3. The Morgan fingerprint density at radius 1 is 1.10 bits per heavy atom. The largest absolute Gasteiger partial charge is 0.493 e. The molecule has 1 amide bonds. The van der Waals surface area contributed by atoms with Crippen molar-refractivity contribution in [2.24, 2.45) is 0 Å². The van der Waals surface area contributed by atoms with E-state index in [0.29, 0.717) is 17.9 Å². The van der Waals surface area contributed by atoms with Crippen LogP contribution in [-0.4, -0.2) is 12.5 Å². The Labute approximate surface area is 171 Å². The Morgan fingerprint density at radius 3 is 2.50 bits per heavy atom. The van der Waals surface area contributed by atoms with Crippen LogP contribution in [-0.2, 0) is 11.0 Å². The molecule has 0 aliphatic heterocycles. The summed E-state index contributed by atoms with van der Waals surface area (Å²) in [6.07, 6.45) is -3.13. The van der Waals surface area contributed by atoms with Gasteiger partial charge in [0, 0.05) is 11.1 Å². The number of alkyl halides is 3. The van der Waals surface area contributed by atoms with E-state index in [2.05, 4.69) is 5.32 Å². The van der Waals surface area contributed by atoms with Gasteiger partial charge in [0.15, 0.2) is 0 Å². The molecule has 0 aliphatic carbocycles. The summed E-state index contributed by atoms with van der Waals surface area (Å²) >= 11 is 0. The Morgan fingerprint density at radius 2 is 1.83 bits per heavy atom. The van der Waals surface area contributed by atoms with Crippen LogP contribution in [0, 0.1) is 11.3 Å². The number of hydrogen-bond acceptors (Lipinski definition) is 3. The van der Waals surface area contributed by atoms with Gasteiger partial charge in [0.05, 0.1) is 12.2 Å². The van der Waals surface area contributed by atoms with Gasteiger partial charge in [0.1, 0.15) is 17.4 Å². The highest BCUT2D eigenvalue weighted by Gasteiger charge is 2.30. The van der Waals surface area contributed by atoms with Gasteiger partial charge in [-0.1, -0.05) is 36.4 Å². The van der Waals surface area contributed by atoms with Crippen LogP contribution in [0.1, 0.15) is 18.1 Å². The van der Waals surface area contributed by atoms with Crippen LogP contribution in [0.15, 0.2) is 66.2 Å². The molecule has 0 aliphatic rings. The summed E-state index contributed by atoms with van der Waals surface area (Å²) < 4.78 is 44.2. The SMILES string of the molecule is CCOc1ccc(/C=C(/C#N)C(=O)Nc2cccc(C(F)(F)F)c2)c2ccccc12. The number of amides is 1. The molecule has 0 saturated heterocycles. The van der Waals surface area contributed by atoms with E-state index in [-0.39, 0.29) is 11.3 Å². The number of ether oxygens (including phenoxy) is 1. The van der Waals surface area contributed by atoms with Gasteiger partial charge < -0.3 is 10.1 Å². The average molecular weight is 410 g/mol. The van der Waals surface area contributed by atoms with Crippen LogP contribution in [0.4, 0.5) is 18.9 Å². The van der Waals surface area contributed by atoms with Crippen LogP contribution in [0.2, 0.25) is 0 Å². The van der Waals surface area contributed by atoms with Crippen LogP contribution in [0.25, 0.3) is 16.8 Å². The molecule has 0 unspecified atom stereocenters. The number of anilines is 1. The summed E-state index contributed by atoms with van der Waals surface area (Å²) in [5.74, 6) is -0.119. The number of nitrogens with zero attached hydrogens (tertiary/aromatic N) is 1. The number of benzene rings is 3. The third-order valence-corrected chi connectivity index (χ3v) is 4.33. The zero-order valence-corrected chi connectivity index (χ0v) is 16.0. The molecule has 0 heterocycles. The lowest BCUT2D eigenvalue weighted by molar-refractivity contribution is -0.137. The van der Waals surface area contributed by atoms with Crippen molar-refractivity contribution in [2.45, 2.75) is 13.1 Å². The summed E-state index contributed by atoms with van der Waals surface area (Å²) in [5, 5.41) is 13.4. The van der Waals surface area contributed by atoms with Crippen molar-refractivity contribution < 1.29 is 22.7 Å². The van der Waals surface area contributed by atoms with Gasteiger partial charge in [-0.05, 0) is 48.2 Å². The van der Waals surface area contributed by atoms with Crippen LogP contribution in [0.5, 0.6) is 5.75 Å². The summed E-state index contributed by atoms with van der Waals surface area (Å²) in [7, 11) is 0. The summed E-state index contributed by atoms with van der Waals surface area (Å²) in [6.45, 7) is 2.36. The van der Waals surface area contributed by atoms with Gasteiger partial charge >= 0.3 is 6.18 Å². The molecular formula is C23H17F3N2O2. The number of fused-ring (bicyclic) bond motifs is 1. The molecule has 7 heteroatoms. The van der Waals surface area contributed by atoms with Crippen molar-refractivity contribution in [3.05, 3.63) is 77.4 Å². The number of nitriles is 1. The highest BCUT2D eigenvalue weighted by atomic mass is 19.4. The molecule has 0 spiro atoms. The first kappa shape index (κ1) is 20.9. The maximum atomic E-state index is 12.9. The minimum atomic E-state index is -4.53. The molecule has 1 N–H and O–H groups in total. The smallest absolute Gasteiger partial charge is 0.416 e. The van der Waals surface area contributed by atoms with Crippen molar-refractivity contribution in [2.75, 3.05) is 11.9 Å². The molecule has 0 aromatic heterocycles. The second kappa shape index (κ2) is 8.70. The van der Waals surface area contributed by atoms with E-state index >= 15 is 0 Å². The van der Waals surface area contributed by atoms with Gasteiger partial charge in [-0.2, -0.15) is 18.4 Å². The first-order valence-electron chi connectivity index (χ1n) is 9.08. The monoisotopic (exact) mass is 410 g/mol. The molecule has 30 heavy (non-hydrogen) atoms. The van der Waals surface area contributed by atoms with Gasteiger partial charge in [0.2, 0.25) is 0 Å². The van der Waals surface area contributed by atoms with Crippen LogP contribution >= 0.6 is 0 Å². The molecular weight excluding hydrogens is 393 g/mol. The molecule has 152 valence electrons. The zero-order chi connectivity index (χ0) is 21.7. The third kappa shape index (κ3) is 4.61. The number of rotatable bonds is 5. The van der Waals surface area contributed by atoms with Crippen molar-refractivity contribution in [1.29, 1.82) is 5.26 Å². The molecule has 0 bridgehead atoms. The van der Waals surface area contributed by atoms with E-state index in [1.54, 1.807) is 12.1 Å². The lowest BCUT2D eigenvalue weighted by Gasteiger charge is -2.11. The topological polar surface area (TPSA) is 62.1 Å². The highest BCUT2D eigenvalue weighted by Crippen LogP contribution is 2.31. The van der Waals surface area contributed by atoms with E-state index in [1.807, 2.05) is 37.3 Å². The third-order valence-electron chi connectivity index (χ3n) is 4.33. The van der Waals surface area contributed by atoms with E-state index in [0.717, 1.165) is 22.9 Å². The second-order valence-electron chi connectivity index (χ2n) is 6.33. The average Bonchev–Trinajstić information content (AvgIpc) is 2.73. The Balaban J connectivity index is 1.94. The van der Waals surface area contributed by atoms with Crippen molar-refractivity contribution >= 4 is 28.4 Å². The standard InChI is InChI=1S/C23H17F3N2O2/c1-2-30-21-11-10-15(19-8-3-4-9-20(19)21)12-16(14-27)22(29)28-18-7-5-6-17(13-18)23(24,25)26/h3-13H,2H2,1H3,(H,28,29)/b16-12-. The van der Waals surface area contributed by atoms with Gasteiger partial charge in [0.25, 0.3) is 5.91 Å². The summed E-state index contributed by atoms with van der Waals surface area (Å²) in [6, 6.07) is 16.9. The maximum absolute atomic E-state index is 12.9. The van der Waals surface area contributed by atoms with Crippen molar-refractivity contribution in [3.63, 3.8) is 0 Å². The van der Waals surface area contributed by atoms with E-state index in [1.165, 1.54) is 18.2 Å². The van der Waals surface area contributed by atoms with Gasteiger partial charge in [-0.3, -0.25) is 4.79 Å². The first-order valence-corrected chi connectivity index (χ1v) is 9.08. The van der Waals surface area contributed by atoms with Crippen LogP contribution < -0.4 is 10.1 Å².